The van der Waals surface area contributed by atoms with Gasteiger partial charge in [0.05, 0.1) is 11.1 Å². The Balaban J connectivity index is 1.37. The number of Topliss-reactive ketones (excluding diaryl/α,β-unsaturated/α-hetero) is 1. The van der Waals surface area contributed by atoms with Gasteiger partial charge in [0.1, 0.15) is 16.5 Å². The van der Waals surface area contributed by atoms with E-state index < -0.39 is 11.7 Å². The van der Waals surface area contributed by atoms with Gasteiger partial charge in [0.2, 0.25) is 0 Å². The molecule has 1 atom stereocenters. The van der Waals surface area contributed by atoms with Gasteiger partial charge < -0.3 is 19.8 Å². The first kappa shape index (κ1) is 21.8. The maximum absolute atomic E-state index is 13.2. The lowest BCUT2D eigenvalue weighted by Gasteiger charge is -2.39. The van der Waals surface area contributed by atoms with E-state index in [9.17, 15) is 14.4 Å². The van der Waals surface area contributed by atoms with Crippen LogP contribution in [-0.2, 0) is 4.79 Å². The van der Waals surface area contributed by atoms with Crippen LogP contribution in [0, 0.1) is 0 Å². The quantitative estimate of drug-likeness (QED) is 0.267. The van der Waals surface area contributed by atoms with Gasteiger partial charge in [-0.1, -0.05) is 29.8 Å². The second kappa shape index (κ2) is 8.75. The number of halogens is 1. The molecule has 1 fully saturated rings. The number of rotatable bonds is 4. The molecule has 34 heavy (non-hydrogen) atoms. The minimum Gasteiger partial charge on any atom is -0.358 e. The summed E-state index contributed by atoms with van der Waals surface area (Å²) in [6.07, 6.45) is 4.76. The summed E-state index contributed by atoms with van der Waals surface area (Å²) in [5, 5.41) is 0.182. The standard InChI is InChI=1S/C24H21ClN6O3/c1-14-13-30(23(33)15-5-3-2-4-6-15)9-10-31(14)24(34)21(32)17-12-28-19-16(22-26-7-8-27-22)11-18(25)29-20(17)19/h2-8,11-12,14,28H,9-10,13H2,1H3,(H,26,27). The number of imidazole rings is 1. The van der Waals surface area contributed by atoms with E-state index >= 15 is 0 Å². The van der Waals surface area contributed by atoms with Crippen LogP contribution in [0.25, 0.3) is 22.4 Å². The van der Waals surface area contributed by atoms with Crippen molar-refractivity contribution in [1.82, 2.24) is 29.7 Å². The summed E-state index contributed by atoms with van der Waals surface area (Å²) < 4.78 is 0. The van der Waals surface area contributed by atoms with E-state index in [2.05, 4.69) is 19.9 Å². The van der Waals surface area contributed by atoms with Crippen molar-refractivity contribution in [3.8, 4) is 11.4 Å². The van der Waals surface area contributed by atoms with Crippen molar-refractivity contribution < 1.29 is 14.4 Å². The fourth-order valence-corrected chi connectivity index (χ4v) is 4.49. The van der Waals surface area contributed by atoms with Gasteiger partial charge in [-0.2, -0.15) is 0 Å². The highest BCUT2D eigenvalue weighted by molar-refractivity contribution is 6.45. The number of aromatic nitrogens is 4. The van der Waals surface area contributed by atoms with Gasteiger partial charge >= 0.3 is 0 Å². The Labute approximate surface area is 199 Å². The monoisotopic (exact) mass is 476 g/mol. The number of fused-ring (bicyclic) bond motifs is 1. The molecule has 1 aromatic carbocycles. The molecule has 10 heteroatoms. The average molecular weight is 477 g/mol. The number of hydrogen-bond acceptors (Lipinski definition) is 5. The molecule has 2 N–H and O–H groups in total. The predicted molar refractivity (Wildman–Crippen MR) is 127 cm³/mol. The SMILES string of the molecule is CC1CN(C(=O)c2ccccc2)CCN1C(=O)C(=O)c1c[nH]c2c(-c3ncc[nH]3)cc(Cl)nc12. The first-order chi connectivity index (χ1) is 16.4. The van der Waals surface area contributed by atoms with E-state index in [-0.39, 0.29) is 29.2 Å². The second-order valence-electron chi connectivity index (χ2n) is 8.15. The highest BCUT2D eigenvalue weighted by Gasteiger charge is 2.34. The van der Waals surface area contributed by atoms with E-state index in [1.807, 2.05) is 25.1 Å². The Morgan fingerprint density at radius 2 is 1.91 bits per heavy atom. The number of carbonyl (C=O) groups is 3. The van der Waals surface area contributed by atoms with Crippen LogP contribution in [0.3, 0.4) is 0 Å². The summed E-state index contributed by atoms with van der Waals surface area (Å²) >= 11 is 6.21. The number of nitrogens with one attached hydrogen (secondary N) is 2. The molecule has 0 radical (unpaired) electrons. The van der Waals surface area contributed by atoms with Crippen molar-refractivity contribution in [2.24, 2.45) is 0 Å². The lowest BCUT2D eigenvalue weighted by atomic mass is 10.1. The van der Waals surface area contributed by atoms with Gasteiger partial charge in [-0.05, 0) is 25.1 Å². The lowest BCUT2D eigenvalue weighted by Crippen LogP contribution is -2.56. The predicted octanol–water partition coefficient (Wildman–Crippen LogP) is 3.16. The Morgan fingerprint density at radius 3 is 2.62 bits per heavy atom. The summed E-state index contributed by atoms with van der Waals surface area (Å²) in [4.78, 5) is 56.9. The molecular weight excluding hydrogens is 456 g/mol. The number of carbonyl (C=O) groups excluding carboxylic acids is 3. The van der Waals surface area contributed by atoms with Crippen LogP contribution in [0.1, 0.15) is 27.6 Å². The van der Waals surface area contributed by atoms with Crippen LogP contribution in [0.5, 0.6) is 0 Å². The molecular formula is C24H21ClN6O3. The fourth-order valence-electron chi connectivity index (χ4n) is 4.29. The van der Waals surface area contributed by atoms with Gasteiger partial charge in [-0.25, -0.2) is 9.97 Å². The maximum Gasteiger partial charge on any atom is 0.295 e. The zero-order valence-corrected chi connectivity index (χ0v) is 19.0. The summed E-state index contributed by atoms with van der Waals surface area (Å²) in [7, 11) is 0. The largest absolute Gasteiger partial charge is 0.358 e. The fraction of sp³-hybridized carbons (Fsp3) is 0.208. The zero-order chi connectivity index (χ0) is 23.8. The molecule has 1 aliphatic rings. The maximum atomic E-state index is 13.2. The third-order valence-electron chi connectivity index (χ3n) is 5.99. The Kier molecular flexibility index (Phi) is 5.62. The van der Waals surface area contributed by atoms with E-state index in [0.29, 0.717) is 41.1 Å². The smallest absolute Gasteiger partial charge is 0.295 e. The molecule has 9 nitrogen and oxygen atoms in total. The number of pyridine rings is 1. The molecule has 5 rings (SSSR count). The first-order valence-corrected chi connectivity index (χ1v) is 11.2. The van der Waals surface area contributed by atoms with Gasteiger partial charge in [-0.15, -0.1) is 0 Å². The van der Waals surface area contributed by atoms with Crippen LogP contribution in [0.15, 0.2) is 55.0 Å². The molecule has 0 aliphatic carbocycles. The van der Waals surface area contributed by atoms with Gasteiger partial charge in [0.15, 0.2) is 0 Å². The molecule has 4 aromatic rings. The molecule has 0 spiro atoms. The number of hydrogen-bond donors (Lipinski definition) is 2. The number of ketones is 1. The van der Waals surface area contributed by atoms with Crippen LogP contribution >= 0.6 is 11.6 Å². The van der Waals surface area contributed by atoms with Crippen LogP contribution in [0.4, 0.5) is 0 Å². The number of amides is 2. The minimum atomic E-state index is -0.680. The number of benzene rings is 1. The number of H-pyrrole nitrogens is 2. The van der Waals surface area contributed by atoms with Gasteiger partial charge in [0.25, 0.3) is 17.6 Å². The molecule has 172 valence electrons. The van der Waals surface area contributed by atoms with Crippen molar-refractivity contribution in [3.05, 3.63) is 71.3 Å². The molecule has 0 saturated carbocycles. The van der Waals surface area contributed by atoms with Crippen molar-refractivity contribution in [2.45, 2.75) is 13.0 Å². The molecule has 3 aromatic heterocycles. The second-order valence-corrected chi connectivity index (χ2v) is 8.54. The third kappa shape index (κ3) is 3.84. The summed E-state index contributed by atoms with van der Waals surface area (Å²) in [6, 6.07) is 10.3. The van der Waals surface area contributed by atoms with Crippen molar-refractivity contribution in [3.63, 3.8) is 0 Å². The van der Waals surface area contributed by atoms with Crippen molar-refractivity contribution in [1.29, 1.82) is 0 Å². The summed E-state index contributed by atoms with van der Waals surface area (Å²) in [5.74, 6) is -0.844. The average Bonchev–Trinajstić information content (AvgIpc) is 3.53. The molecule has 0 bridgehead atoms. The molecule has 1 saturated heterocycles. The zero-order valence-electron chi connectivity index (χ0n) is 18.3. The summed E-state index contributed by atoms with van der Waals surface area (Å²) in [6.45, 7) is 2.78. The topological polar surface area (TPSA) is 115 Å². The van der Waals surface area contributed by atoms with Crippen LogP contribution in [0.2, 0.25) is 5.15 Å². The van der Waals surface area contributed by atoms with Crippen molar-refractivity contribution in [2.75, 3.05) is 19.6 Å². The van der Waals surface area contributed by atoms with Crippen molar-refractivity contribution >= 4 is 40.2 Å². The van der Waals surface area contributed by atoms with Crippen LogP contribution in [-0.4, -0.2) is 73.0 Å². The van der Waals surface area contributed by atoms with E-state index in [1.165, 1.54) is 11.1 Å². The highest BCUT2D eigenvalue weighted by atomic mass is 35.5. The molecule has 2 amide bonds. The third-order valence-corrected chi connectivity index (χ3v) is 6.19. The van der Waals surface area contributed by atoms with Gasteiger partial charge in [0, 0.05) is 55.4 Å². The Morgan fingerprint density at radius 1 is 1.12 bits per heavy atom. The van der Waals surface area contributed by atoms with Gasteiger partial charge in [-0.3, -0.25) is 14.4 Å². The normalized spacial score (nSPS) is 16.1. The number of piperazine rings is 1. The highest BCUT2D eigenvalue weighted by Crippen LogP contribution is 2.30. The van der Waals surface area contributed by atoms with Crippen LogP contribution < -0.4 is 0 Å². The lowest BCUT2D eigenvalue weighted by molar-refractivity contribution is -0.130. The van der Waals surface area contributed by atoms with E-state index in [1.54, 1.807) is 35.5 Å². The molecule has 1 aliphatic heterocycles. The van der Waals surface area contributed by atoms with E-state index in [0.717, 1.165) is 0 Å². The Bertz CT molecular complexity index is 1380. The minimum absolute atomic E-state index is 0.0909. The molecule has 1 unspecified atom stereocenters. The number of aromatic amines is 2. The number of nitrogens with zero attached hydrogens (tertiary/aromatic N) is 4. The summed E-state index contributed by atoms with van der Waals surface area (Å²) in [5.41, 5.74) is 2.25. The molecule has 4 heterocycles. The van der Waals surface area contributed by atoms with E-state index in [4.69, 9.17) is 11.6 Å². The first-order valence-electron chi connectivity index (χ1n) is 10.8. The Hall–Kier alpha value is -3.98.